The molecule has 0 bridgehead atoms. The van der Waals surface area contributed by atoms with E-state index in [2.05, 4.69) is 32.0 Å². The van der Waals surface area contributed by atoms with Gasteiger partial charge in [0.2, 0.25) is 0 Å². The van der Waals surface area contributed by atoms with Crippen molar-refractivity contribution in [3.63, 3.8) is 0 Å². The van der Waals surface area contributed by atoms with Gasteiger partial charge in [-0.3, -0.25) is 0 Å². The molecule has 0 aliphatic carbocycles. The number of cyclic esters (lactones) is 2. The van der Waals surface area contributed by atoms with Crippen LogP contribution in [-0.4, -0.2) is 17.7 Å². The molecule has 0 spiro atoms. The molecular weight excluding hydrogens is 316 g/mol. The van der Waals surface area contributed by atoms with Crippen LogP contribution in [0.3, 0.4) is 0 Å². The lowest BCUT2D eigenvalue weighted by Gasteiger charge is -2.29. The van der Waals surface area contributed by atoms with Crippen LogP contribution in [0.15, 0.2) is 48.0 Å². The molecule has 0 unspecified atom stereocenters. The molecule has 128 valence electrons. The molecule has 1 aliphatic rings. The third-order valence-electron chi connectivity index (χ3n) is 4.18. The third kappa shape index (κ3) is 3.63. The number of carbonyl (C=O) groups is 2. The first-order chi connectivity index (χ1) is 11.7. The summed E-state index contributed by atoms with van der Waals surface area (Å²) in [5.41, 5.74) is 5.32. The number of esters is 2. The minimum Gasteiger partial charge on any atom is -0.419 e. The quantitative estimate of drug-likeness (QED) is 0.469. The largest absolute Gasteiger partial charge is 0.419 e. The summed E-state index contributed by atoms with van der Waals surface area (Å²) in [6, 6.07) is 13.9. The minimum atomic E-state index is -1.22. The van der Waals surface area contributed by atoms with Crippen LogP contribution < -0.4 is 0 Å². The molecule has 1 fully saturated rings. The maximum absolute atomic E-state index is 12.0. The van der Waals surface area contributed by atoms with Gasteiger partial charge in [-0.2, -0.15) is 0 Å². The summed E-state index contributed by atoms with van der Waals surface area (Å²) in [5, 5.41) is 0. The molecule has 1 saturated heterocycles. The molecule has 4 nitrogen and oxygen atoms in total. The maximum atomic E-state index is 12.0. The highest BCUT2D eigenvalue weighted by Crippen LogP contribution is 2.26. The number of ether oxygens (including phenoxy) is 2. The van der Waals surface area contributed by atoms with Gasteiger partial charge >= 0.3 is 11.9 Å². The lowest BCUT2D eigenvalue weighted by molar-refractivity contribution is -0.222. The second-order valence-corrected chi connectivity index (χ2v) is 6.66. The zero-order chi connectivity index (χ0) is 18.2. The van der Waals surface area contributed by atoms with Gasteiger partial charge in [0.1, 0.15) is 5.57 Å². The molecule has 1 heterocycles. The Kier molecular flexibility index (Phi) is 4.21. The minimum absolute atomic E-state index is 0.0988. The number of benzene rings is 2. The zero-order valence-electron chi connectivity index (χ0n) is 14.8. The highest BCUT2D eigenvalue weighted by atomic mass is 16.7. The fourth-order valence-electron chi connectivity index (χ4n) is 2.64. The topological polar surface area (TPSA) is 52.6 Å². The van der Waals surface area contributed by atoms with Gasteiger partial charge in [0.05, 0.1) is 0 Å². The van der Waals surface area contributed by atoms with Crippen molar-refractivity contribution >= 4 is 18.0 Å². The number of carbonyl (C=O) groups excluding carboxylic acids is 2. The van der Waals surface area contributed by atoms with E-state index < -0.39 is 17.7 Å². The fraction of sp³-hybridized carbons (Fsp3) is 0.238. The Morgan fingerprint density at radius 1 is 0.800 bits per heavy atom. The highest BCUT2D eigenvalue weighted by Gasteiger charge is 2.38. The van der Waals surface area contributed by atoms with E-state index in [0.29, 0.717) is 0 Å². The summed E-state index contributed by atoms with van der Waals surface area (Å²) in [4.78, 5) is 24.0. The average molecular weight is 336 g/mol. The van der Waals surface area contributed by atoms with E-state index in [1.807, 2.05) is 24.3 Å². The Labute approximate surface area is 147 Å². The van der Waals surface area contributed by atoms with Crippen molar-refractivity contribution < 1.29 is 19.1 Å². The van der Waals surface area contributed by atoms with Gasteiger partial charge in [0.15, 0.2) is 0 Å². The average Bonchev–Trinajstić information content (AvgIpc) is 2.53. The first-order valence-corrected chi connectivity index (χ1v) is 8.11. The standard InChI is InChI=1S/C21H20O4/c1-13-5-8-17(11-14(13)2)16-9-6-15(7-10-16)12-18-19(22)24-21(3,4)25-20(18)23/h5-12H,1-4H3. The molecule has 2 aromatic rings. The van der Waals surface area contributed by atoms with E-state index in [1.54, 1.807) is 0 Å². The molecule has 0 atom stereocenters. The van der Waals surface area contributed by atoms with Crippen LogP contribution in [0, 0.1) is 13.8 Å². The summed E-state index contributed by atoms with van der Waals surface area (Å²) >= 11 is 0. The van der Waals surface area contributed by atoms with E-state index in [4.69, 9.17) is 9.47 Å². The Hall–Kier alpha value is -2.88. The van der Waals surface area contributed by atoms with Crippen LogP contribution in [-0.2, 0) is 19.1 Å². The molecular formula is C21H20O4. The van der Waals surface area contributed by atoms with Crippen molar-refractivity contribution in [3.8, 4) is 11.1 Å². The van der Waals surface area contributed by atoms with E-state index in [9.17, 15) is 9.59 Å². The van der Waals surface area contributed by atoms with Crippen molar-refractivity contribution in [1.82, 2.24) is 0 Å². The van der Waals surface area contributed by atoms with Gasteiger partial charge in [-0.1, -0.05) is 42.5 Å². The summed E-state index contributed by atoms with van der Waals surface area (Å²) in [6.07, 6.45) is 1.49. The van der Waals surface area contributed by atoms with Crippen molar-refractivity contribution in [2.75, 3.05) is 0 Å². The molecule has 25 heavy (non-hydrogen) atoms. The predicted octanol–water partition coefficient (Wildman–Crippen LogP) is 4.19. The van der Waals surface area contributed by atoms with Crippen molar-refractivity contribution in [3.05, 3.63) is 64.7 Å². The molecule has 0 N–H and O–H groups in total. The third-order valence-corrected chi connectivity index (χ3v) is 4.18. The van der Waals surface area contributed by atoms with Crippen LogP contribution in [0.2, 0.25) is 0 Å². The Morgan fingerprint density at radius 2 is 1.36 bits per heavy atom. The summed E-state index contributed by atoms with van der Waals surface area (Å²) in [6.45, 7) is 7.22. The Morgan fingerprint density at radius 3 is 1.92 bits per heavy atom. The Bertz CT molecular complexity index is 851. The number of rotatable bonds is 2. The van der Waals surface area contributed by atoms with Gasteiger partial charge in [-0.15, -0.1) is 0 Å². The first-order valence-electron chi connectivity index (χ1n) is 8.11. The molecule has 3 rings (SSSR count). The monoisotopic (exact) mass is 336 g/mol. The number of hydrogen-bond donors (Lipinski definition) is 0. The van der Waals surface area contributed by atoms with Crippen molar-refractivity contribution in [1.29, 1.82) is 0 Å². The summed E-state index contributed by atoms with van der Waals surface area (Å²) < 4.78 is 10.2. The summed E-state index contributed by atoms with van der Waals surface area (Å²) in [5.74, 6) is -2.56. The second kappa shape index (κ2) is 6.20. The van der Waals surface area contributed by atoms with E-state index >= 15 is 0 Å². The van der Waals surface area contributed by atoms with Crippen molar-refractivity contribution in [2.45, 2.75) is 33.5 Å². The van der Waals surface area contributed by atoms with Crippen molar-refractivity contribution in [2.24, 2.45) is 0 Å². The van der Waals surface area contributed by atoms with E-state index in [-0.39, 0.29) is 5.57 Å². The second-order valence-electron chi connectivity index (χ2n) is 6.66. The smallest absolute Gasteiger partial charge is 0.348 e. The van der Waals surface area contributed by atoms with Crippen LogP contribution in [0.5, 0.6) is 0 Å². The number of hydrogen-bond acceptors (Lipinski definition) is 4. The number of aryl methyl sites for hydroxylation is 2. The van der Waals surface area contributed by atoms with Crippen LogP contribution in [0.4, 0.5) is 0 Å². The van der Waals surface area contributed by atoms with Crippen LogP contribution in [0.1, 0.15) is 30.5 Å². The van der Waals surface area contributed by atoms with Crippen LogP contribution >= 0.6 is 0 Å². The molecule has 0 saturated carbocycles. The molecule has 1 aliphatic heterocycles. The van der Waals surface area contributed by atoms with Gasteiger partial charge in [0, 0.05) is 13.8 Å². The van der Waals surface area contributed by atoms with Gasteiger partial charge in [-0.25, -0.2) is 9.59 Å². The molecule has 0 radical (unpaired) electrons. The predicted molar refractivity (Wildman–Crippen MR) is 95.6 cm³/mol. The zero-order valence-corrected chi connectivity index (χ0v) is 14.8. The lowest BCUT2D eigenvalue weighted by atomic mass is 9.99. The maximum Gasteiger partial charge on any atom is 0.348 e. The fourth-order valence-corrected chi connectivity index (χ4v) is 2.64. The highest BCUT2D eigenvalue weighted by molar-refractivity contribution is 6.18. The normalized spacial score (nSPS) is 16.2. The van der Waals surface area contributed by atoms with Crippen LogP contribution in [0.25, 0.3) is 17.2 Å². The van der Waals surface area contributed by atoms with Gasteiger partial charge in [-0.05, 0) is 47.7 Å². The molecule has 0 amide bonds. The van der Waals surface area contributed by atoms with Gasteiger partial charge in [0.25, 0.3) is 5.79 Å². The van der Waals surface area contributed by atoms with Gasteiger partial charge < -0.3 is 9.47 Å². The van der Waals surface area contributed by atoms with E-state index in [0.717, 1.165) is 16.7 Å². The summed E-state index contributed by atoms with van der Waals surface area (Å²) in [7, 11) is 0. The molecule has 0 aromatic heterocycles. The first kappa shape index (κ1) is 17.0. The SMILES string of the molecule is Cc1ccc(-c2ccc(C=C3C(=O)OC(C)(C)OC3=O)cc2)cc1C. The Balaban J connectivity index is 1.86. The molecule has 4 heteroatoms. The molecule has 2 aromatic carbocycles. The van der Waals surface area contributed by atoms with E-state index in [1.165, 1.54) is 31.1 Å². The lowest BCUT2D eigenvalue weighted by Crippen LogP contribution is -2.41.